The number of aromatic nitrogens is 7. The molecule has 5 aromatic rings. The van der Waals surface area contributed by atoms with Gasteiger partial charge in [-0.05, 0) is 18.1 Å². The molecular formula is C23H19N9O. The van der Waals surface area contributed by atoms with Gasteiger partial charge in [-0.3, -0.25) is 19.9 Å². The van der Waals surface area contributed by atoms with Crippen LogP contribution in [0.2, 0.25) is 0 Å². The van der Waals surface area contributed by atoms with Crippen LogP contribution in [0, 0.1) is 12.5 Å². The highest BCUT2D eigenvalue weighted by molar-refractivity contribution is 5.96. The summed E-state index contributed by atoms with van der Waals surface area (Å²) in [4.78, 5) is 36.2. The number of hydrogen-bond acceptors (Lipinski definition) is 6. The summed E-state index contributed by atoms with van der Waals surface area (Å²) in [7, 11) is 0. The van der Waals surface area contributed by atoms with Crippen molar-refractivity contribution in [2.24, 2.45) is 5.92 Å². The number of pyridine rings is 3. The highest BCUT2D eigenvalue weighted by atomic mass is 16.1. The third-order valence-electron chi connectivity index (χ3n) is 5.09. The van der Waals surface area contributed by atoms with Gasteiger partial charge in [-0.25, -0.2) is 14.8 Å². The van der Waals surface area contributed by atoms with E-state index < -0.39 is 0 Å². The molecule has 0 spiro atoms. The predicted octanol–water partition coefficient (Wildman–Crippen LogP) is 4.49. The van der Waals surface area contributed by atoms with Crippen molar-refractivity contribution in [2.45, 2.75) is 20.3 Å². The Morgan fingerprint density at radius 1 is 1.12 bits per heavy atom. The fourth-order valence-corrected chi connectivity index (χ4v) is 3.61. The summed E-state index contributed by atoms with van der Waals surface area (Å²) in [6.45, 7) is 11.3. The lowest BCUT2D eigenvalue weighted by molar-refractivity contribution is -0.116. The fourth-order valence-electron chi connectivity index (χ4n) is 3.61. The molecule has 10 nitrogen and oxygen atoms in total. The maximum atomic E-state index is 12.1. The monoisotopic (exact) mass is 437 g/mol. The molecule has 0 aliphatic rings. The maximum absolute atomic E-state index is 12.1. The molecule has 5 heterocycles. The summed E-state index contributed by atoms with van der Waals surface area (Å²) in [5.74, 6) is 0.761. The zero-order valence-corrected chi connectivity index (χ0v) is 17.9. The van der Waals surface area contributed by atoms with Gasteiger partial charge in [0.05, 0.1) is 34.9 Å². The van der Waals surface area contributed by atoms with E-state index in [1.54, 1.807) is 24.8 Å². The van der Waals surface area contributed by atoms with Gasteiger partial charge in [-0.1, -0.05) is 13.8 Å². The SMILES string of the molecule is [C-]#[N+]c1cncc2[nH]c(-c3[nH]nc4ncc(-c5cncc(NC(=O)CC(C)C)c5)cc34)nc12. The molecular weight excluding hydrogens is 418 g/mol. The second-order valence-electron chi connectivity index (χ2n) is 8.05. The standard InChI is InChI=1S/C23H19N9O/c1-12(2)4-19(33)28-15-5-13(7-25-9-15)14-6-16-20(31-32-22(16)27-8-14)23-29-18-11-26-10-17(24-3)21(18)30-23/h5-12H,4H2,1-2H3,(H,28,33)(H,29,30)(H,27,31,32). The topological polar surface area (TPSA) is 129 Å². The van der Waals surface area contributed by atoms with Gasteiger partial charge < -0.3 is 10.3 Å². The lowest BCUT2D eigenvalue weighted by Crippen LogP contribution is -2.13. The summed E-state index contributed by atoms with van der Waals surface area (Å²) >= 11 is 0. The molecule has 10 heteroatoms. The van der Waals surface area contributed by atoms with Gasteiger partial charge in [0.25, 0.3) is 0 Å². The molecule has 0 aliphatic carbocycles. The van der Waals surface area contributed by atoms with Crippen LogP contribution in [0.3, 0.4) is 0 Å². The number of carbonyl (C=O) groups excluding carboxylic acids is 1. The van der Waals surface area contributed by atoms with Gasteiger partial charge in [0.1, 0.15) is 5.69 Å². The number of nitrogens with zero attached hydrogens (tertiary/aromatic N) is 6. The Morgan fingerprint density at radius 2 is 1.94 bits per heavy atom. The molecule has 0 unspecified atom stereocenters. The van der Waals surface area contributed by atoms with Gasteiger partial charge in [-0.2, -0.15) is 5.10 Å². The molecule has 5 rings (SSSR count). The number of hydrogen-bond donors (Lipinski definition) is 3. The van der Waals surface area contributed by atoms with Crippen LogP contribution in [0.5, 0.6) is 0 Å². The third-order valence-corrected chi connectivity index (χ3v) is 5.09. The molecule has 0 bridgehead atoms. The molecule has 0 saturated carbocycles. The third kappa shape index (κ3) is 3.87. The van der Waals surface area contributed by atoms with Crippen molar-refractivity contribution in [3.05, 3.63) is 54.5 Å². The minimum Gasteiger partial charge on any atom is -0.337 e. The summed E-state index contributed by atoms with van der Waals surface area (Å²) in [6, 6.07) is 3.81. The molecule has 162 valence electrons. The van der Waals surface area contributed by atoms with Crippen molar-refractivity contribution in [3.8, 4) is 22.6 Å². The van der Waals surface area contributed by atoms with Crippen LogP contribution in [0.15, 0.2) is 43.1 Å². The number of rotatable bonds is 5. The van der Waals surface area contributed by atoms with E-state index in [9.17, 15) is 4.79 Å². The first-order valence-corrected chi connectivity index (χ1v) is 10.3. The Bertz CT molecular complexity index is 1540. The van der Waals surface area contributed by atoms with Crippen molar-refractivity contribution in [1.82, 2.24) is 35.1 Å². The van der Waals surface area contributed by atoms with E-state index in [2.05, 4.69) is 45.3 Å². The normalized spacial score (nSPS) is 11.2. The van der Waals surface area contributed by atoms with Gasteiger partial charge >= 0.3 is 0 Å². The quantitative estimate of drug-likeness (QED) is 0.347. The van der Waals surface area contributed by atoms with Gasteiger partial charge in [0.15, 0.2) is 11.5 Å². The Balaban J connectivity index is 1.53. The first-order chi connectivity index (χ1) is 16.0. The second-order valence-corrected chi connectivity index (χ2v) is 8.05. The van der Waals surface area contributed by atoms with E-state index in [0.29, 0.717) is 46.0 Å². The molecule has 0 fully saturated rings. The van der Waals surface area contributed by atoms with Crippen LogP contribution in [-0.4, -0.2) is 41.0 Å². The number of imidazole rings is 1. The Labute approximate surface area is 188 Å². The van der Waals surface area contributed by atoms with E-state index in [1.165, 1.54) is 6.20 Å². The van der Waals surface area contributed by atoms with Crippen LogP contribution >= 0.6 is 0 Å². The van der Waals surface area contributed by atoms with Crippen molar-refractivity contribution < 1.29 is 4.79 Å². The molecule has 0 aromatic carbocycles. The first-order valence-electron chi connectivity index (χ1n) is 10.3. The number of aromatic amines is 2. The molecule has 1 amide bonds. The second kappa shape index (κ2) is 8.12. The maximum Gasteiger partial charge on any atom is 0.232 e. The first kappa shape index (κ1) is 20.3. The lowest BCUT2D eigenvalue weighted by Gasteiger charge is -2.08. The van der Waals surface area contributed by atoms with Crippen LogP contribution in [0.1, 0.15) is 20.3 Å². The zero-order chi connectivity index (χ0) is 22.9. The molecule has 5 aromatic heterocycles. The Morgan fingerprint density at radius 3 is 2.76 bits per heavy atom. The van der Waals surface area contributed by atoms with E-state index >= 15 is 0 Å². The number of fused-ring (bicyclic) bond motifs is 2. The number of amides is 1. The fraction of sp³-hybridized carbons (Fsp3) is 0.174. The van der Waals surface area contributed by atoms with E-state index in [4.69, 9.17) is 6.57 Å². The highest BCUT2D eigenvalue weighted by Crippen LogP contribution is 2.31. The van der Waals surface area contributed by atoms with Crippen LogP contribution < -0.4 is 5.32 Å². The molecule has 0 aliphatic heterocycles. The molecule has 0 atom stereocenters. The van der Waals surface area contributed by atoms with Crippen LogP contribution in [0.4, 0.5) is 11.4 Å². The van der Waals surface area contributed by atoms with Crippen molar-refractivity contribution in [2.75, 3.05) is 5.32 Å². The number of H-pyrrole nitrogens is 2. The largest absolute Gasteiger partial charge is 0.337 e. The Hall–Kier alpha value is -4.65. The zero-order valence-electron chi connectivity index (χ0n) is 17.9. The molecule has 3 N–H and O–H groups in total. The number of nitrogens with one attached hydrogen (secondary N) is 3. The van der Waals surface area contributed by atoms with E-state index in [1.807, 2.05) is 26.0 Å². The van der Waals surface area contributed by atoms with Gasteiger partial charge in [-0.15, -0.1) is 0 Å². The predicted molar refractivity (Wildman–Crippen MR) is 124 cm³/mol. The summed E-state index contributed by atoms with van der Waals surface area (Å²) in [5.41, 5.74) is 5.03. The smallest absolute Gasteiger partial charge is 0.232 e. The number of anilines is 1. The van der Waals surface area contributed by atoms with Crippen molar-refractivity contribution >= 4 is 39.3 Å². The minimum atomic E-state index is -0.0483. The average molecular weight is 437 g/mol. The summed E-state index contributed by atoms with van der Waals surface area (Å²) in [5, 5.41) is 10.9. The number of carbonyl (C=O) groups is 1. The van der Waals surface area contributed by atoms with Gasteiger partial charge in [0.2, 0.25) is 11.6 Å². The Kier molecular flexibility index (Phi) is 4.99. The average Bonchev–Trinajstić information content (AvgIpc) is 3.41. The van der Waals surface area contributed by atoms with Gasteiger partial charge in [0, 0.05) is 42.3 Å². The summed E-state index contributed by atoms with van der Waals surface area (Å²) < 4.78 is 0. The van der Waals surface area contributed by atoms with E-state index in [-0.39, 0.29) is 11.8 Å². The minimum absolute atomic E-state index is 0.0483. The highest BCUT2D eigenvalue weighted by Gasteiger charge is 2.16. The summed E-state index contributed by atoms with van der Waals surface area (Å²) in [6.07, 6.45) is 8.61. The van der Waals surface area contributed by atoms with Crippen LogP contribution in [0.25, 0.3) is 49.6 Å². The van der Waals surface area contributed by atoms with E-state index in [0.717, 1.165) is 16.5 Å². The molecule has 0 saturated heterocycles. The molecule has 0 radical (unpaired) electrons. The van der Waals surface area contributed by atoms with Crippen LogP contribution in [-0.2, 0) is 4.79 Å². The van der Waals surface area contributed by atoms with Crippen molar-refractivity contribution in [1.29, 1.82) is 0 Å². The lowest BCUT2D eigenvalue weighted by atomic mass is 10.1. The molecule has 33 heavy (non-hydrogen) atoms. The van der Waals surface area contributed by atoms with Crippen molar-refractivity contribution in [3.63, 3.8) is 0 Å².